The number of aliphatic imine (C=N–C) groups is 1. The molecule has 2 N–H and O–H groups in total. The van der Waals surface area contributed by atoms with Crippen molar-refractivity contribution in [1.82, 2.24) is 9.99 Å². The number of anilines is 1. The number of likely N-dealkylation sites (N-methyl/N-ethyl adjacent to an activating group) is 1. The lowest BCUT2D eigenvalue weighted by Gasteiger charge is -2.24. The maximum absolute atomic E-state index is 13.5. The van der Waals surface area contributed by atoms with E-state index in [1.54, 1.807) is 17.9 Å². The number of nitrogens with one attached hydrogen (secondary N) is 2. The van der Waals surface area contributed by atoms with Gasteiger partial charge in [-0.05, 0) is 25.1 Å². The van der Waals surface area contributed by atoms with Crippen molar-refractivity contribution >= 4 is 39.9 Å². The van der Waals surface area contributed by atoms with E-state index in [1.807, 2.05) is 84.9 Å². The number of amides is 2. The van der Waals surface area contributed by atoms with E-state index in [0.29, 0.717) is 11.4 Å². The Morgan fingerprint density at radius 1 is 0.946 bits per heavy atom. The molecule has 0 aliphatic carbocycles. The molecule has 3 aromatic carbocycles. The van der Waals surface area contributed by atoms with E-state index in [2.05, 4.69) is 10.7 Å². The normalized spacial score (nSPS) is 15.9. The second-order valence-corrected chi connectivity index (χ2v) is 9.00. The molecule has 0 saturated heterocycles. The standard InChI is InChI=1S/C29H27N5O3/c1-19(35)18-23(32-34-17-16-20-10-6-8-14-24(20)34)28(36)31-27-29(37)33(2)25-15-9-7-13-22(25)26(30-27)21-11-4-3-5-12-21/h3-17,23,27,32H,18H2,1-2H3,(H,31,36)/t23-,27?/m0/s1. The van der Waals surface area contributed by atoms with Crippen molar-refractivity contribution in [3.05, 3.63) is 102 Å². The molecule has 4 aromatic rings. The summed E-state index contributed by atoms with van der Waals surface area (Å²) in [6.07, 6.45) is 0.584. The van der Waals surface area contributed by atoms with Crippen LogP contribution in [-0.4, -0.2) is 47.2 Å². The zero-order chi connectivity index (χ0) is 25.9. The first-order chi connectivity index (χ1) is 17.9. The first-order valence-corrected chi connectivity index (χ1v) is 12.0. The van der Waals surface area contributed by atoms with Gasteiger partial charge in [0.25, 0.3) is 5.91 Å². The van der Waals surface area contributed by atoms with Gasteiger partial charge < -0.3 is 15.6 Å². The smallest absolute Gasteiger partial charge is 0.272 e. The van der Waals surface area contributed by atoms with Crippen LogP contribution in [0.1, 0.15) is 24.5 Å². The number of rotatable bonds is 7. The van der Waals surface area contributed by atoms with Crippen molar-refractivity contribution in [2.75, 3.05) is 17.4 Å². The SMILES string of the molecule is CC(=O)C[C@H](Nn1ccc2ccccc21)C(=O)NC1N=C(c2ccccc2)c2ccccc2N(C)C1=O. The third kappa shape index (κ3) is 4.86. The third-order valence-electron chi connectivity index (χ3n) is 6.37. The van der Waals surface area contributed by atoms with E-state index < -0.39 is 18.1 Å². The van der Waals surface area contributed by atoms with Crippen molar-refractivity contribution < 1.29 is 14.4 Å². The van der Waals surface area contributed by atoms with Crippen LogP contribution < -0.4 is 15.6 Å². The van der Waals surface area contributed by atoms with Crippen LogP contribution in [0.4, 0.5) is 5.69 Å². The number of Topliss-reactive ketones (excluding diaryl/α,β-unsaturated/α-hetero) is 1. The summed E-state index contributed by atoms with van der Waals surface area (Å²) in [4.78, 5) is 45.3. The van der Waals surface area contributed by atoms with E-state index in [1.165, 1.54) is 11.8 Å². The lowest BCUT2D eigenvalue weighted by molar-refractivity contribution is -0.129. The topological polar surface area (TPSA) is 95.8 Å². The van der Waals surface area contributed by atoms with Crippen LogP contribution >= 0.6 is 0 Å². The number of hydrogen-bond acceptors (Lipinski definition) is 5. The summed E-state index contributed by atoms with van der Waals surface area (Å²) in [5, 5.41) is 3.79. The van der Waals surface area contributed by atoms with Gasteiger partial charge in [0.15, 0.2) is 0 Å². The molecule has 5 rings (SSSR count). The van der Waals surface area contributed by atoms with Crippen LogP contribution in [0.2, 0.25) is 0 Å². The predicted molar refractivity (Wildman–Crippen MR) is 144 cm³/mol. The molecular formula is C29H27N5O3. The minimum atomic E-state index is -1.17. The lowest BCUT2D eigenvalue weighted by Crippen LogP contribution is -2.52. The van der Waals surface area contributed by atoms with Crippen LogP contribution in [0.5, 0.6) is 0 Å². The zero-order valence-electron chi connectivity index (χ0n) is 20.6. The summed E-state index contributed by atoms with van der Waals surface area (Å²) in [7, 11) is 1.67. The Labute approximate surface area is 214 Å². The number of carbonyl (C=O) groups excluding carboxylic acids is 3. The van der Waals surface area contributed by atoms with Gasteiger partial charge in [-0.25, -0.2) is 4.99 Å². The molecule has 1 unspecified atom stereocenters. The zero-order valence-corrected chi connectivity index (χ0v) is 20.6. The Morgan fingerprint density at radius 2 is 1.65 bits per heavy atom. The van der Waals surface area contributed by atoms with Gasteiger partial charge >= 0.3 is 0 Å². The van der Waals surface area contributed by atoms with Crippen LogP contribution in [-0.2, 0) is 14.4 Å². The summed E-state index contributed by atoms with van der Waals surface area (Å²) < 4.78 is 1.72. The molecule has 0 saturated carbocycles. The number of benzodiazepines with no additional fused rings is 1. The Morgan fingerprint density at radius 3 is 2.43 bits per heavy atom. The lowest BCUT2D eigenvalue weighted by atomic mass is 10.0. The highest BCUT2D eigenvalue weighted by atomic mass is 16.2. The fraction of sp³-hybridized carbons (Fsp3) is 0.172. The summed E-state index contributed by atoms with van der Waals surface area (Å²) in [5.74, 6) is -1.03. The van der Waals surface area contributed by atoms with Gasteiger partial charge in [-0.1, -0.05) is 66.7 Å². The van der Waals surface area contributed by atoms with E-state index in [9.17, 15) is 14.4 Å². The van der Waals surface area contributed by atoms with Gasteiger partial charge in [0.05, 0.1) is 16.9 Å². The number of fused-ring (bicyclic) bond motifs is 2. The minimum Gasteiger partial charge on any atom is -0.325 e. The molecule has 0 fully saturated rings. The van der Waals surface area contributed by atoms with E-state index in [-0.39, 0.29) is 18.1 Å². The van der Waals surface area contributed by atoms with Crippen molar-refractivity contribution in [3.63, 3.8) is 0 Å². The molecule has 1 aromatic heterocycles. The van der Waals surface area contributed by atoms with E-state index >= 15 is 0 Å². The number of para-hydroxylation sites is 2. The molecule has 8 heteroatoms. The number of hydrogen-bond donors (Lipinski definition) is 2. The van der Waals surface area contributed by atoms with E-state index in [4.69, 9.17) is 4.99 Å². The monoisotopic (exact) mass is 493 g/mol. The largest absolute Gasteiger partial charge is 0.325 e. The van der Waals surface area contributed by atoms with Gasteiger partial charge in [-0.2, -0.15) is 0 Å². The molecule has 0 bridgehead atoms. The quantitative estimate of drug-likeness (QED) is 0.412. The predicted octanol–water partition coefficient (Wildman–Crippen LogP) is 3.49. The van der Waals surface area contributed by atoms with Crippen LogP contribution in [0, 0.1) is 0 Å². The molecule has 1 aliphatic rings. The first-order valence-electron chi connectivity index (χ1n) is 12.0. The average Bonchev–Trinajstić information content (AvgIpc) is 3.28. The average molecular weight is 494 g/mol. The molecule has 0 spiro atoms. The third-order valence-corrected chi connectivity index (χ3v) is 6.37. The minimum absolute atomic E-state index is 0.0510. The number of nitrogens with zero attached hydrogens (tertiary/aromatic N) is 3. The number of aromatic nitrogens is 1. The van der Waals surface area contributed by atoms with Gasteiger partial charge in [0.2, 0.25) is 12.1 Å². The molecule has 0 radical (unpaired) electrons. The van der Waals surface area contributed by atoms with Gasteiger partial charge in [-0.3, -0.25) is 19.1 Å². The second-order valence-electron chi connectivity index (χ2n) is 9.00. The van der Waals surface area contributed by atoms with E-state index in [0.717, 1.165) is 22.0 Å². The van der Waals surface area contributed by atoms with Crippen molar-refractivity contribution in [3.8, 4) is 0 Å². The Balaban J connectivity index is 1.48. The van der Waals surface area contributed by atoms with Gasteiger partial charge in [-0.15, -0.1) is 0 Å². The molecule has 2 amide bonds. The highest BCUT2D eigenvalue weighted by molar-refractivity contribution is 6.20. The molecule has 186 valence electrons. The number of ketones is 1. The number of carbonyl (C=O) groups is 3. The van der Waals surface area contributed by atoms with Gasteiger partial charge in [0, 0.05) is 36.2 Å². The first kappa shape index (κ1) is 24.0. The highest BCUT2D eigenvalue weighted by Gasteiger charge is 2.33. The maximum atomic E-state index is 13.5. The molecule has 37 heavy (non-hydrogen) atoms. The number of benzene rings is 3. The Bertz CT molecular complexity index is 1510. The maximum Gasteiger partial charge on any atom is 0.272 e. The summed E-state index contributed by atoms with van der Waals surface area (Å²) in [5.41, 5.74) is 6.92. The Kier molecular flexibility index (Phi) is 6.55. The molecule has 1 aliphatic heterocycles. The Hall–Kier alpha value is -4.72. The molecule has 2 heterocycles. The van der Waals surface area contributed by atoms with Crippen LogP contribution in [0.25, 0.3) is 10.9 Å². The molecule has 8 nitrogen and oxygen atoms in total. The summed E-state index contributed by atoms with van der Waals surface area (Å²) in [6, 6.07) is 25.8. The summed E-state index contributed by atoms with van der Waals surface area (Å²) >= 11 is 0. The molecule has 2 atom stereocenters. The highest BCUT2D eigenvalue weighted by Crippen LogP contribution is 2.27. The van der Waals surface area contributed by atoms with Crippen LogP contribution in [0.15, 0.2) is 96.1 Å². The van der Waals surface area contributed by atoms with Crippen molar-refractivity contribution in [2.24, 2.45) is 4.99 Å². The molecular weight excluding hydrogens is 466 g/mol. The van der Waals surface area contributed by atoms with Crippen molar-refractivity contribution in [2.45, 2.75) is 25.6 Å². The fourth-order valence-corrected chi connectivity index (χ4v) is 4.53. The van der Waals surface area contributed by atoms with Gasteiger partial charge in [0.1, 0.15) is 11.8 Å². The second kappa shape index (κ2) is 10.1. The van der Waals surface area contributed by atoms with Crippen molar-refractivity contribution in [1.29, 1.82) is 0 Å². The fourth-order valence-electron chi connectivity index (χ4n) is 4.53. The summed E-state index contributed by atoms with van der Waals surface area (Å²) in [6.45, 7) is 1.43. The van der Waals surface area contributed by atoms with Crippen LogP contribution in [0.3, 0.4) is 0 Å².